The Kier molecular flexibility index (Phi) is 37.5. The van der Waals surface area contributed by atoms with Crippen LogP contribution in [-0.2, 0) is 92.2 Å². The predicted molar refractivity (Wildman–Crippen MR) is 412 cm³/mol. The summed E-state index contributed by atoms with van der Waals surface area (Å²) < 4.78 is 197. The molecule has 658 valence electrons. The average molecular weight is 1720 g/mol. The summed E-state index contributed by atoms with van der Waals surface area (Å²) in [5, 5.41) is 11.7. The fourth-order valence-corrected chi connectivity index (χ4v) is 11.4. The molecule has 0 unspecified atom stereocenters. The number of amides is 1. The molecule has 1 saturated heterocycles. The zero-order chi connectivity index (χ0) is 86.6. The third-order valence-electron chi connectivity index (χ3n) is 16.7. The zero-order valence-corrected chi connectivity index (χ0v) is 69.3. The molecule has 5 atom stereocenters. The number of nitrogens with one attached hydrogen (secondary N) is 2. The number of para-hydroxylation sites is 4. The number of ether oxygens (including phenoxy) is 13. The summed E-state index contributed by atoms with van der Waals surface area (Å²) in [6.45, 7) is 26.5. The van der Waals surface area contributed by atoms with Crippen LogP contribution < -0.4 is 38.8 Å². The van der Waals surface area contributed by atoms with Crippen LogP contribution in [0.2, 0.25) is 0 Å². The molecule has 1 amide bonds. The van der Waals surface area contributed by atoms with Crippen molar-refractivity contribution in [3.63, 3.8) is 0 Å². The van der Waals surface area contributed by atoms with Gasteiger partial charge in [0.05, 0.1) is 63.6 Å². The molecule has 0 saturated carbocycles. The predicted octanol–water partition coefficient (Wildman–Crippen LogP) is 17.3. The number of rotatable bonds is 24. The van der Waals surface area contributed by atoms with Crippen molar-refractivity contribution in [1.29, 1.82) is 0 Å². The number of unbranched alkanes of at least 4 members (excludes halogenated alkanes) is 6. The Morgan fingerprint density at radius 3 is 1.32 bits per heavy atom. The first-order valence-electron chi connectivity index (χ1n) is 38.1. The van der Waals surface area contributed by atoms with E-state index in [2.05, 4.69) is 110 Å². The Morgan fingerprint density at radius 2 is 0.889 bits per heavy atom. The summed E-state index contributed by atoms with van der Waals surface area (Å²) in [4.78, 5) is 61.5. The van der Waals surface area contributed by atoms with Crippen LogP contribution in [0.25, 0.3) is 0 Å². The third kappa shape index (κ3) is 45.2. The number of esters is 4. The molecule has 8 rings (SSSR count). The fraction of sp³-hybridized carbons (Fsp3) is 0.544. The number of benzene rings is 4. The molecule has 4 aromatic carbocycles. The Bertz CT molecular complexity index is 3850. The Labute approximate surface area is 673 Å². The molecule has 0 aliphatic carbocycles. The maximum absolute atomic E-state index is 13.2. The van der Waals surface area contributed by atoms with E-state index in [1.54, 1.807) is 24.5 Å². The van der Waals surface area contributed by atoms with Crippen molar-refractivity contribution in [2.24, 2.45) is 0 Å². The molecule has 2 aromatic heterocycles. The standard InChI is InChI=1S/C55H77N6O10.C24H32O8.2F6P/c1-38(62)67-37-48-49(68-39(2)63)50(69-40(3)64)51(70-41(4)65)53(71-48)59-30-25-43(26-31-59)52(66)57-28-20-13-14-21-29-60-36-47(61(58-60)35-42-22-16-15-17-23-42)24-18-11-12-19-27-56-46-33-44(54(5,6)7)32-45(34-46)55(8,9)10;1-2-6-22-21(5-1)29-17-13-25-9-10-27-15-19-31-23-7-3-4-8-24(23)32-20-16-28-12-11-26-14-18-30-22;2*1-7(2,3,4,5)6/h15-17,22-23,25-26,30-34,36,48-51,53,56H,11-14,18-21,24,27-29,35,37H2,1-10H3;1-8H,9-20H2;;/q+1;;2*-1/p+1/t48-,49-,50+,51+,53+;;;/m1.../s1. The average Bonchev–Trinajstić information content (AvgIpc) is 1.14. The Morgan fingerprint density at radius 1 is 0.487 bits per heavy atom. The van der Waals surface area contributed by atoms with Gasteiger partial charge in [-0.05, 0) is 96.0 Å². The van der Waals surface area contributed by atoms with Gasteiger partial charge in [-0.3, -0.25) is 24.0 Å². The number of fused-ring (bicyclic) bond motifs is 2. The van der Waals surface area contributed by atoms with Gasteiger partial charge in [-0.1, -0.05) is 121 Å². The van der Waals surface area contributed by atoms with E-state index in [1.807, 2.05) is 54.6 Å². The molecule has 1 fully saturated rings. The molecular formula is C79H110F12N6O18P2. The molecule has 24 nitrogen and oxygen atoms in total. The van der Waals surface area contributed by atoms with Gasteiger partial charge in [-0.15, -0.1) is 9.36 Å². The minimum absolute atomic E-state index is 0.0907. The van der Waals surface area contributed by atoms with Crippen LogP contribution in [0, 0.1) is 0 Å². The van der Waals surface area contributed by atoms with Crippen molar-refractivity contribution in [3.05, 3.63) is 156 Å². The SMILES string of the molecule is CC(=O)OC[C@H]1O[C@H]([n+]2ccc(C(=O)NCCCCCC[n+]3cc(CCCCCCNc4cc(C(C)(C)C)cc(C(C)(C)C)c4)n(Cc4ccccc4)n3)cc2)[C@@H](OC(C)=O)[C@@H](OC(C)=O)[C@@H]1OC(C)=O.F[P-](F)(F)(F)(F)F.F[P-](F)(F)(F)(F)F.c1ccc2c(c1)OCCOCCOCCOc1ccccc1OCCOCCOCCO2. The summed E-state index contributed by atoms with van der Waals surface area (Å²) in [5.74, 6) is -0.286. The summed E-state index contributed by atoms with van der Waals surface area (Å²) in [7, 11) is -21.3. The molecule has 4 heterocycles. The van der Waals surface area contributed by atoms with E-state index in [4.69, 9.17) is 66.8 Å². The minimum Gasteiger partial charge on any atom is -0.487 e. The topological polar surface area (TPSA) is 255 Å². The monoisotopic (exact) mass is 1720 g/mol. The van der Waals surface area contributed by atoms with Crippen molar-refractivity contribution < 1.29 is 145 Å². The van der Waals surface area contributed by atoms with Gasteiger partial charge in [-0.25, -0.2) is 0 Å². The summed E-state index contributed by atoms with van der Waals surface area (Å²) in [6, 6.07) is 35.7. The number of hydrogen-bond donors (Lipinski definition) is 2. The number of aromatic nitrogens is 4. The van der Waals surface area contributed by atoms with Gasteiger partial charge >= 0.3 is 96.1 Å². The van der Waals surface area contributed by atoms with Crippen LogP contribution in [0.3, 0.4) is 0 Å². The molecule has 2 aliphatic heterocycles. The van der Waals surface area contributed by atoms with Crippen LogP contribution in [0.15, 0.2) is 128 Å². The van der Waals surface area contributed by atoms with Gasteiger partial charge in [-0.2, -0.15) is 4.57 Å². The van der Waals surface area contributed by atoms with Crippen molar-refractivity contribution in [3.8, 4) is 23.0 Å². The number of hydrogen-bond acceptors (Lipinski definition) is 20. The molecule has 0 spiro atoms. The van der Waals surface area contributed by atoms with E-state index >= 15 is 0 Å². The number of anilines is 1. The van der Waals surface area contributed by atoms with Crippen molar-refractivity contribution >= 4 is 51.1 Å². The molecule has 2 aliphatic rings. The molecule has 117 heavy (non-hydrogen) atoms. The number of halogens is 12. The van der Waals surface area contributed by atoms with Crippen molar-refractivity contribution in [2.45, 2.75) is 182 Å². The molecule has 6 aromatic rings. The van der Waals surface area contributed by atoms with E-state index in [-0.39, 0.29) is 23.3 Å². The van der Waals surface area contributed by atoms with Crippen LogP contribution in [0.5, 0.6) is 23.0 Å². The maximum Gasteiger partial charge on any atom is 0.161 e. The summed E-state index contributed by atoms with van der Waals surface area (Å²) in [6.07, 6.45) is 8.46. The van der Waals surface area contributed by atoms with Gasteiger partial charge < -0.3 is 72.2 Å². The van der Waals surface area contributed by atoms with Gasteiger partial charge in [0, 0.05) is 65.0 Å². The van der Waals surface area contributed by atoms with E-state index < -0.39 is 70.1 Å². The molecular weight excluding hydrogens is 1610 g/mol. The smallest absolute Gasteiger partial charge is 0.161 e. The van der Waals surface area contributed by atoms with Gasteiger partial charge in [0.1, 0.15) is 52.2 Å². The summed E-state index contributed by atoms with van der Waals surface area (Å²) >= 11 is 0. The fourth-order valence-electron chi connectivity index (χ4n) is 11.4. The largest absolute Gasteiger partial charge is 0.487 e. The van der Waals surface area contributed by atoms with Crippen molar-refractivity contribution in [2.75, 3.05) is 104 Å². The Hall–Kier alpha value is -8.66. The van der Waals surface area contributed by atoms with Crippen LogP contribution in [0.4, 0.5) is 56.1 Å². The van der Waals surface area contributed by atoms with Crippen LogP contribution in [0.1, 0.15) is 160 Å². The second-order valence-electron chi connectivity index (χ2n) is 29.3. The third-order valence-corrected chi connectivity index (χ3v) is 16.7. The molecule has 0 bridgehead atoms. The van der Waals surface area contributed by atoms with Crippen LogP contribution in [-0.4, -0.2) is 163 Å². The van der Waals surface area contributed by atoms with Gasteiger partial charge in [0.25, 0.3) is 5.91 Å². The summed E-state index contributed by atoms with van der Waals surface area (Å²) in [5.41, 5.74) is 6.97. The molecule has 38 heteroatoms. The normalized spacial score (nSPS) is 18.7. The first-order valence-corrected chi connectivity index (χ1v) is 42.2. The number of carbonyl (C=O) groups excluding carboxylic acids is 5. The second-order valence-corrected chi connectivity index (χ2v) is 33.1. The Balaban J connectivity index is 0.000000431. The van der Waals surface area contributed by atoms with E-state index in [9.17, 15) is 74.3 Å². The number of carbonyl (C=O) groups is 5. The second kappa shape index (κ2) is 44.4. The molecule has 0 radical (unpaired) electrons. The van der Waals surface area contributed by atoms with E-state index in [0.717, 1.165) is 84.3 Å². The molecule has 2 N–H and O–H groups in total. The maximum atomic E-state index is 13.2. The van der Waals surface area contributed by atoms with E-state index in [0.29, 0.717) is 114 Å². The minimum atomic E-state index is -10.7. The zero-order valence-electron chi connectivity index (χ0n) is 67.5. The number of aryl methyl sites for hydroxylation is 2. The van der Waals surface area contributed by atoms with E-state index in [1.165, 1.54) is 53.4 Å². The number of pyridine rings is 1. The van der Waals surface area contributed by atoms with Gasteiger partial charge in [0.15, 0.2) is 59.5 Å². The van der Waals surface area contributed by atoms with Gasteiger partial charge in [0.2, 0.25) is 6.10 Å². The van der Waals surface area contributed by atoms with Crippen LogP contribution >= 0.6 is 15.6 Å². The number of nitrogens with zero attached hydrogens (tertiary/aromatic N) is 4. The quantitative estimate of drug-likeness (QED) is 0.0143. The van der Waals surface area contributed by atoms with Crippen molar-refractivity contribution in [1.82, 2.24) is 15.2 Å². The first kappa shape index (κ1) is 98.9. The first-order chi connectivity index (χ1) is 54.5.